The van der Waals surface area contributed by atoms with Crippen molar-refractivity contribution in [2.45, 2.75) is 31.3 Å². The summed E-state index contributed by atoms with van der Waals surface area (Å²) in [6.07, 6.45) is 4.08. The zero-order chi connectivity index (χ0) is 17.2. The molecule has 0 aliphatic carbocycles. The van der Waals surface area contributed by atoms with E-state index >= 15 is 0 Å². The standard InChI is InChI=1S/C19H29N3O2/c1-20(2)17-8-5-7-16(13-17)18(23)22-12-6-9-19(24,15-22)14-21-10-3-4-11-21/h5,7-8,13,24H,3-4,6,9-12,14-15H2,1-2H3/t19-/m1/s1. The van der Waals surface area contributed by atoms with Gasteiger partial charge in [-0.3, -0.25) is 4.79 Å². The Balaban J connectivity index is 1.69. The average Bonchev–Trinajstić information content (AvgIpc) is 3.06. The maximum atomic E-state index is 12.9. The fraction of sp³-hybridized carbons (Fsp3) is 0.632. The molecule has 24 heavy (non-hydrogen) atoms. The molecule has 2 saturated heterocycles. The lowest BCUT2D eigenvalue weighted by Crippen LogP contribution is -2.55. The number of amides is 1. The number of rotatable bonds is 4. The SMILES string of the molecule is CN(C)c1cccc(C(=O)N2CCC[C@@](O)(CN3CCCC3)C2)c1. The lowest BCUT2D eigenvalue weighted by molar-refractivity contribution is -0.0431. The van der Waals surface area contributed by atoms with Crippen LogP contribution in [0.1, 0.15) is 36.0 Å². The van der Waals surface area contributed by atoms with E-state index in [2.05, 4.69) is 4.90 Å². The maximum absolute atomic E-state index is 12.9. The molecule has 0 radical (unpaired) electrons. The first kappa shape index (κ1) is 17.2. The lowest BCUT2D eigenvalue weighted by atomic mass is 9.91. The second-order valence-electron chi connectivity index (χ2n) is 7.48. The highest BCUT2D eigenvalue weighted by molar-refractivity contribution is 5.95. The largest absolute Gasteiger partial charge is 0.387 e. The fourth-order valence-electron chi connectivity index (χ4n) is 3.87. The van der Waals surface area contributed by atoms with E-state index in [0.29, 0.717) is 18.7 Å². The van der Waals surface area contributed by atoms with Crippen molar-refractivity contribution in [3.63, 3.8) is 0 Å². The van der Waals surface area contributed by atoms with Crippen LogP contribution in [-0.2, 0) is 0 Å². The van der Waals surface area contributed by atoms with E-state index in [-0.39, 0.29) is 5.91 Å². The molecule has 1 aromatic carbocycles. The van der Waals surface area contributed by atoms with Gasteiger partial charge < -0.3 is 19.8 Å². The summed E-state index contributed by atoms with van der Waals surface area (Å²) < 4.78 is 0. The molecule has 0 spiro atoms. The summed E-state index contributed by atoms with van der Waals surface area (Å²) in [4.78, 5) is 19.0. The van der Waals surface area contributed by atoms with Gasteiger partial charge in [-0.1, -0.05) is 6.07 Å². The summed E-state index contributed by atoms with van der Waals surface area (Å²) in [5.74, 6) is 0.0262. The second-order valence-corrected chi connectivity index (χ2v) is 7.48. The fourth-order valence-corrected chi connectivity index (χ4v) is 3.87. The highest BCUT2D eigenvalue weighted by Gasteiger charge is 2.37. The van der Waals surface area contributed by atoms with Crippen molar-refractivity contribution >= 4 is 11.6 Å². The summed E-state index contributed by atoms with van der Waals surface area (Å²) in [5, 5.41) is 11.0. The maximum Gasteiger partial charge on any atom is 0.254 e. The van der Waals surface area contributed by atoms with Crippen molar-refractivity contribution in [2.75, 3.05) is 51.7 Å². The van der Waals surface area contributed by atoms with Crippen LogP contribution >= 0.6 is 0 Å². The van der Waals surface area contributed by atoms with Crippen molar-refractivity contribution < 1.29 is 9.90 Å². The van der Waals surface area contributed by atoms with Gasteiger partial charge in [-0.05, 0) is 57.0 Å². The molecule has 1 N–H and O–H groups in total. The number of likely N-dealkylation sites (tertiary alicyclic amines) is 2. The molecule has 5 heteroatoms. The third kappa shape index (κ3) is 3.90. The average molecular weight is 331 g/mol. The number of piperidine rings is 1. The molecule has 0 unspecified atom stereocenters. The minimum Gasteiger partial charge on any atom is -0.387 e. The van der Waals surface area contributed by atoms with Crippen molar-refractivity contribution in [1.82, 2.24) is 9.80 Å². The van der Waals surface area contributed by atoms with E-state index in [1.165, 1.54) is 12.8 Å². The van der Waals surface area contributed by atoms with Gasteiger partial charge in [-0.25, -0.2) is 0 Å². The van der Waals surface area contributed by atoms with Gasteiger partial charge in [-0.2, -0.15) is 0 Å². The summed E-state index contributed by atoms with van der Waals surface area (Å²) in [5.41, 5.74) is 0.953. The Morgan fingerprint density at radius 2 is 1.96 bits per heavy atom. The molecule has 3 rings (SSSR count). The summed E-state index contributed by atoms with van der Waals surface area (Å²) in [6.45, 7) is 4.00. The predicted octanol–water partition coefficient (Wildman–Crippen LogP) is 1.82. The molecule has 132 valence electrons. The quantitative estimate of drug-likeness (QED) is 0.914. The molecular weight excluding hydrogens is 302 g/mol. The Labute approximate surface area is 144 Å². The Morgan fingerprint density at radius 1 is 1.21 bits per heavy atom. The van der Waals surface area contributed by atoms with Gasteiger partial charge in [0, 0.05) is 38.4 Å². The molecule has 5 nitrogen and oxygen atoms in total. The van der Waals surface area contributed by atoms with E-state index in [1.807, 2.05) is 48.2 Å². The van der Waals surface area contributed by atoms with Crippen molar-refractivity contribution in [3.8, 4) is 0 Å². The number of anilines is 1. The third-order valence-corrected chi connectivity index (χ3v) is 5.17. The van der Waals surface area contributed by atoms with Crippen molar-refractivity contribution in [3.05, 3.63) is 29.8 Å². The van der Waals surface area contributed by atoms with Gasteiger partial charge >= 0.3 is 0 Å². The van der Waals surface area contributed by atoms with Crippen LogP contribution in [0.15, 0.2) is 24.3 Å². The van der Waals surface area contributed by atoms with E-state index in [4.69, 9.17) is 0 Å². The molecule has 1 atom stereocenters. The number of hydrogen-bond donors (Lipinski definition) is 1. The minimum absolute atomic E-state index is 0.0262. The molecule has 0 aromatic heterocycles. The zero-order valence-electron chi connectivity index (χ0n) is 14.9. The Hall–Kier alpha value is -1.59. The molecule has 1 amide bonds. The van der Waals surface area contributed by atoms with Crippen LogP contribution in [-0.4, -0.2) is 73.2 Å². The first-order chi connectivity index (χ1) is 11.5. The van der Waals surface area contributed by atoms with Gasteiger partial charge in [0.15, 0.2) is 0 Å². The highest BCUT2D eigenvalue weighted by Crippen LogP contribution is 2.26. The molecule has 2 aliphatic rings. The number of nitrogens with zero attached hydrogens (tertiary/aromatic N) is 3. The first-order valence-corrected chi connectivity index (χ1v) is 8.98. The van der Waals surface area contributed by atoms with Crippen LogP contribution in [0, 0.1) is 0 Å². The number of benzene rings is 1. The van der Waals surface area contributed by atoms with Gasteiger partial charge in [0.25, 0.3) is 5.91 Å². The Morgan fingerprint density at radius 3 is 2.67 bits per heavy atom. The van der Waals surface area contributed by atoms with Crippen LogP contribution < -0.4 is 4.90 Å². The Kier molecular flexibility index (Phi) is 5.11. The first-order valence-electron chi connectivity index (χ1n) is 8.98. The van der Waals surface area contributed by atoms with E-state index in [0.717, 1.165) is 38.2 Å². The van der Waals surface area contributed by atoms with Crippen molar-refractivity contribution in [1.29, 1.82) is 0 Å². The molecule has 2 fully saturated rings. The van der Waals surface area contributed by atoms with Crippen LogP contribution in [0.3, 0.4) is 0 Å². The topological polar surface area (TPSA) is 47.0 Å². The number of β-amino-alcohol motifs (C(OH)–C–C–N with tert-alkyl or cyclic N) is 1. The summed E-state index contributed by atoms with van der Waals surface area (Å²) in [7, 11) is 3.94. The predicted molar refractivity (Wildman–Crippen MR) is 96.5 cm³/mol. The van der Waals surface area contributed by atoms with Crippen LogP contribution in [0.2, 0.25) is 0 Å². The molecule has 2 aliphatic heterocycles. The van der Waals surface area contributed by atoms with Gasteiger partial charge in [-0.15, -0.1) is 0 Å². The van der Waals surface area contributed by atoms with Crippen molar-refractivity contribution in [2.24, 2.45) is 0 Å². The second kappa shape index (κ2) is 7.11. The molecule has 1 aromatic rings. The summed E-state index contributed by atoms with van der Waals surface area (Å²) >= 11 is 0. The molecule has 0 saturated carbocycles. The van der Waals surface area contributed by atoms with E-state index < -0.39 is 5.60 Å². The molecule has 2 heterocycles. The Bertz CT molecular complexity index is 584. The lowest BCUT2D eigenvalue weighted by Gasteiger charge is -2.41. The van der Waals surface area contributed by atoms with E-state index in [1.54, 1.807) is 0 Å². The molecule has 0 bridgehead atoms. The number of carbonyl (C=O) groups is 1. The third-order valence-electron chi connectivity index (χ3n) is 5.17. The van der Waals surface area contributed by atoms with Crippen LogP contribution in [0.5, 0.6) is 0 Å². The zero-order valence-corrected chi connectivity index (χ0v) is 14.9. The normalized spacial score (nSPS) is 25.0. The number of carbonyl (C=O) groups excluding carboxylic acids is 1. The number of hydrogen-bond acceptors (Lipinski definition) is 4. The highest BCUT2D eigenvalue weighted by atomic mass is 16.3. The molecular formula is C19H29N3O2. The van der Waals surface area contributed by atoms with Crippen LogP contribution in [0.4, 0.5) is 5.69 Å². The monoisotopic (exact) mass is 331 g/mol. The summed E-state index contributed by atoms with van der Waals surface area (Å²) in [6, 6.07) is 7.71. The van der Waals surface area contributed by atoms with Gasteiger partial charge in [0.1, 0.15) is 0 Å². The van der Waals surface area contributed by atoms with Crippen LogP contribution in [0.25, 0.3) is 0 Å². The van der Waals surface area contributed by atoms with Gasteiger partial charge in [0.05, 0.1) is 12.1 Å². The minimum atomic E-state index is -0.766. The number of aliphatic hydroxyl groups is 1. The smallest absolute Gasteiger partial charge is 0.254 e. The van der Waals surface area contributed by atoms with E-state index in [9.17, 15) is 9.90 Å². The van der Waals surface area contributed by atoms with Gasteiger partial charge in [0.2, 0.25) is 0 Å².